The number of benzene rings is 1. The van der Waals surface area contributed by atoms with E-state index in [1.165, 1.54) is 0 Å². The van der Waals surface area contributed by atoms with Crippen LogP contribution in [0.1, 0.15) is 30.5 Å². The molecule has 0 bridgehead atoms. The highest BCUT2D eigenvalue weighted by molar-refractivity contribution is 5.67. The Labute approximate surface area is 133 Å². The summed E-state index contributed by atoms with van der Waals surface area (Å²) in [4.78, 5) is 22.1. The van der Waals surface area contributed by atoms with Gasteiger partial charge in [-0.25, -0.2) is 14.8 Å². The van der Waals surface area contributed by atoms with Gasteiger partial charge in [-0.15, -0.1) is 0 Å². The van der Waals surface area contributed by atoms with E-state index in [0.717, 1.165) is 36.1 Å². The summed E-state index contributed by atoms with van der Waals surface area (Å²) in [5.74, 6) is 0.819. The molecule has 23 heavy (non-hydrogen) atoms. The van der Waals surface area contributed by atoms with Gasteiger partial charge in [0.1, 0.15) is 5.75 Å². The van der Waals surface area contributed by atoms with E-state index in [9.17, 15) is 15.0 Å². The van der Waals surface area contributed by atoms with E-state index in [1.54, 1.807) is 35.4 Å². The van der Waals surface area contributed by atoms with Crippen molar-refractivity contribution in [3.63, 3.8) is 0 Å². The zero-order chi connectivity index (χ0) is 16.0. The van der Waals surface area contributed by atoms with Crippen LogP contribution in [0.5, 0.6) is 5.75 Å². The lowest BCUT2D eigenvalue weighted by Gasteiger charge is -2.51. The van der Waals surface area contributed by atoms with E-state index < -0.39 is 6.09 Å². The van der Waals surface area contributed by atoms with Crippen molar-refractivity contribution in [2.75, 3.05) is 0 Å². The monoisotopic (exact) mass is 311 g/mol. The van der Waals surface area contributed by atoms with Crippen molar-refractivity contribution in [1.82, 2.24) is 14.9 Å². The molecule has 118 valence electrons. The summed E-state index contributed by atoms with van der Waals surface area (Å²) in [6, 6.07) is 6.78. The molecule has 1 saturated carbocycles. The van der Waals surface area contributed by atoms with E-state index in [2.05, 4.69) is 9.97 Å². The standard InChI is InChI=1S/C17H17N3O3/c21-13-4-2-11(3-5-13)15-18-9-12-10-20(16(22)23)17(6-1-7-17)8-14(12)19-15/h2-5,9,21H,1,6-8,10H2,(H,22,23). The first-order chi connectivity index (χ1) is 11.1. The fourth-order valence-corrected chi connectivity index (χ4v) is 3.52. The minimum Gasteiger partial charge on any atom is -0.508 e. The average Bonchev–Trinajstić information content (AvgIpc) is 2.52. The number of fused-ring (bicyclic) bond motifs is 1. The highest BCUT2D eigenvalue weighted by atomic mass is 16.4. The molecule has 1 aliphatic carbocycles. The fraction of sp³-hybridized carbons (Fsp3) is 0.353. The summed E-state index contributed by atoms with van der Waals surface area (Å²) in [7, 11) is 0. The molecule has 4 rings (SSSR count). The Kier molecular flexibility index (Phi) is 3.01. The Morgan fingerprint density at radius 2 is 1.96 bits per heavy atom. The molecule has 6 nitrogen and oxygen atoms in total. The van der Waals surface area contributed by atoms with Gasteiger partial charge in [-0.2, -0.15) is 0 Å². The zero-order valence-electron chi connectivity index (χ0n) is 12.6. The van der Waals surface area contributed by atoms with Crippen molar-refractivity contribution in [2.24, 2.45) is 0 Å². The van der Waals surface area contributed by atoms with Gasteiger partial charge in [0.15, 0.2) is 5.82 Å². The maximum absolute atomic E-state index is 11.6. The molecule has 1 fully saturated rings. The first-order valence-corrected chi connectivity index (χ1v) is 7.72. The molecule has 1 spiro atoms. The van der Waals surface area contributed by atoms with Gasteiger partial charge in [0.05, 0.1) is 17.8 Å². The van der Waals surface area contributed by atoms with Gasteiger partial charge in [0, 0.05) is 23.7 Å². The summed E-state index contributed by atoms with van der Waals surface area (Å²) in [5.41, 5.74) is 2.39. The van der Waals surface area contributed by atoms with Crippen LogP contribution in [-0.4, -0.2) is 36.7 Å². The Morgan fingerprint density at radius 3 is 2.57 bits per heavy atom. The number of aromatic hydroxyl groups is 1. The molecule has 2 aromatic rings. The number of phenols is 1. The highest BCUT2D eigenvalue weighted by Gasteiger charge is 2.48. The van der Waals surface area contributed by atoms with Crippen LogP contribution in [0, 0.1) is 0 Å². The highest BCUT2D eigenvalue weighted by Crippen LogP contribution is 2.44. The summed E-state index contributed by atoms with van der Waals surface area (Å²) in [6.07, 6.45) is 4.38. The second kappa shape index (κ2) is 4.94. The number of aromatic nitrogens is 2. The molecule has 2 aliphatic rings. The quantitative estimate of drug-likeness (QED) is 0.845. The largest absolute Gasteiger partial charge is 0.508 e. The molecule has 0 saturated heterocycles. The number of phenolic OH excluding ortho intramolecular Hbond substituents is 1. The number of carboxylic acid groups (broad SMARTS) is 1. The van der Waals surface area contributed by atoms with Crippen molar-refractivity contribution in [2.45, 2.75) is 37.8 Å². The molecule has 2 N–H and O–H groups in total. The van der Waals surface area contributed by atoms with Gasteiger partial charge in [-0.05, 0) is 43.5 Å². The topological polar surface area (TPSA) is 86.5 Å². The SMILES string of the molecule is O=C(O)N1Cc2cnc(-c3ccc(O)cc3)nc2CC12CCC2. The average molecular weight is 311 g/mol. The molecule has 1 amide bonds. The Bertz CT molecular complexity index is 769. The maximum Gasteiger partial charge on any atom is 0.408 e. The number of hydrogen-bond acceptors (Lipinski definition) is 4. The molecular formula is C17H17N3O3. The van der Waals surface area contributed by atoms with Crippen LogP contribution < -0.4 is 0 Å². The molecule has 1 aromatic carbocycles. The van der Waals surface area contributed by atoms with Gasteiger partial charge in [0.2, 0.25) is 0 Å². The summed E-state index contributed by atoms with van der Waals surface area (Å²) in [5, 5.41) is 18.9. The normalized spacial score (nSPS) is 18.3. The van der Waals surface area contributed by atoms with E-state index in [-0.39, 0.29) is 11.3 Å². The van der Waals surface area contributed by atoms with Gasteiger partial charge in [0.25, 0.3) is 0 Å². The molecule has 6 heteroatoms. The van der Waals surface area contributed by atoms with Gasteiger partial charge in [-0.1, -0.05) is 0 Å². The molecule has 0 atom stereocenters. The van der Waals surface area contributed by atoms with Crippen molar-refractivity contribution in [3.05, 3.63) is 41.7 Å². The lowest BCUT2D eigenvalue weighted by atomic mass is 9.70. The third-order valence-electron chi connectivity index (χ3n) is 4.99. The number of amides is 1. The summed E-state index contributed by atoms with van der Waals surface area (Å²) >= 11 is 0. The summed E-state index contributed by atoms with van der Waals surface area (Å²) in [6.45, 7) is 0.362. The predicted octanol–water partition coefficient (Wildman–Crippen LogP) is 2.81. The second-order valence-corrected chi connectivity index (χ2v) is 6.34. The third-order valence-corrected chi connectivity index (χ3v) is 4.99. The Hall–Kier alpha value is -2.63. The Balaban J connectivity index is 1.71. The molecule has 0 unspecified atom stereocenters. The summed E-state index contributed by atoms with van der Waals surface area (Å²) < 4.78 is 0. The van der Waals surface area contributed by atoms with Gasteiger partial charge >= 0.3 is 6.09 Å². The molecule has 2 heterocycles. The lowest BCUT2D eigenvalue weighted by molar-refractivity contribution is 0.00837. The molecule has 1 aliphatic heterocycles. The van der Waals surface area contributed by atoms with Crippen molar-refractivity contribution < 1.29 is 15.0 Å². The number of hydrogen-bond donors (Lipinski definition) is 2. The molecule has 0 radical (unpaired) electrons. The Morgan fingerprint density at radius 1 is 1.22 bits per heavy atom. The number of carbonyl (C=O) groups is 1. The third kappa shape index (κ3) is 2.21. The van der Waals surface area contributed by atoms with Gasteiger partial charge in [-0.3, -0.25) is 4.90 Å². The van der Waals surface area contributed by atoms with Crippen LogP contribution in [-0.2, 0) is 13.0 Å². The van der Waals surface area contributed by atoms with E-state index in [0.29, 0.717) is 18.8 Å². The van der Waals surface area contributed by atoms with E-state index in [4.69, 9.17) is 0 Å². The smallest absolute Gasteiger partial charge is 0.408 e. The zero-order valence-corrected chi connectivity index (χ0v) is 12.6. The fourth-order valence-electron chi connectivity index (χ4n) is 3.52. The van der Waals surface area contributed by atoms with Crippen LogP contribution in [0.3, 0.4) is 0 Å². The van der Waals surface area contributed by atoms with Crippen LogP contribution in [0.15, 0.2) is 30.5 Å². The minimum absolute atomic E-state index is 0.206. The van der Waals surface area contributed by atoms with E-state index >= 15 is 0 Å². The predicted molar refractivity (Wildman–Crippen MR) is 83.0 cm³/mol. The van der Waals surface area contributed by atoms with Crippen molar-refractivity contribution in [3.8, 4) is 17.1 Å². The maximum atomic E-state index is 11.6. The molecule has 1 aromatic heterocycles. The number of nitrogens with zero attached hydrogens (tertiary/aromatic N) is 3. The van der Waals surface area contributed by atoms with Crippen LogP contribution >= 0.6 is 0 Å². The second-order valence-electron chi connectivity index (χ2n) is 6.34. The lowest BCUT2D eigenvalue weighted by Crippen LogP contribution is -2.59. The van der Waals surface area contributed by atoms with Crippen LogP contribution in [0.4, 0.5) is 4.79 Å². The van der Waals surface area contributed by atoms with Crippen LogP contribution in [0.25, 0.3) is 11.4 Å². The van der Waals surface area contributed by atoms with Crippen molar-refractivity contribution >= 4 is 6.09 Å². The van der Waals surface area contributed by atoms with Gasteiger partial charge < -0.3 is 10.2 Å². The van der Waals surface area contributed by atoms with E-state index in [1.807, 2.05) is 0 Å². The van der Waals surface area contributed by atoms with Crippen LogP contribution in [0.2, 0.25) is 0 Å². The first-order valence-electron chi connectivity index (χ1n) is 7.72. The number of rotatable bonds is 1. The molecular weight excluding hydrogens is 294 g/mol. The van der Waals surface area contributed by atoms with Crippen molar-refractivity contribution in [1.29, 1.82) is 0 Å². The minimum atomic E-state index is -0.863. The first kappa shape index (κ1) is 14.0.